The molecule has 6 heteroatoms. The smallest absolute Gasteiger partial charge is 0.317 e. The molecule has 0 unspecified atom stereocenters. The number of carbonyl (C=O) groups is 3. The lowest BCUT2D eigenvalue weighted by Gasteiger charge is -2.26. The molecule has 0 aromatic rings. The summed E-state index contributed by atoms with van der Waals surface area (Å²) >= 11 is 0. The average Bonchev–Trinajstić information content (AvgIpc) is 2.22. The molecule has 0 aliphatic carbocycles. The fourth-order valence-electron chi connectivity index (χ4n) is 1.34. The Balaban J connectivity index is 4.22. The van der Waals surface area contributed by atoms with E-state index in [1.807, 2.05) is 0 Å². The summed E-state index contributed by atoms with van der Waals surface area (Å²) in [5.41, 5.74) is -1.11. The van der Waals surface area contributed by atoms with E-state index in [0.717, 1.165) is 0 Å². The van der Waals surface area contributed by atoms with Crippen molar-refractivity contribution < 1.29 is 28.6 Å². The van der Waals surface area contributed by atoms with Gasteiger partial charge in [-0.15, -0.1) is 0 Å². The van der Waals surface area contributed by atoms with Crippen LogP contribution in [0, 0.1) is 5.41 Å². The van der Waals surface area contributed by atoms with Crippen molar-refractivity contribution >= 4 is 17.9 Å². The molecule has 0 aromatic heterocycles. The average molecular weight is 288 g/mol. The highest BCUT2D eigenvalue weighted by Crippen LogP contribution is 2.23. The third-order valence-corrected chi connectivity index (χ3v) is 2.18. The molecular formula is C14H24O6. The topological polar surface area (TPSA) is 78.9 Å². The molecule has 6 nitrogen and oxygen atoms in total. The van der Waals surface area contributed by atoms with Crippen LogP contribution in [0.15, 0.2) is 0 Å². The Morgan fingerprint density at radius 2 is 1.45 bits per heavy atom. The zero-order valence-corrected chi connectivity index (χ0v) is 13.1. The van der Waals surface area contributed by atoms with Crippen LogP contribution in [0.1, 0.15) is 47.5 Å². The van der Waals surface area contributed by atoms with Gasteiger partial charge in [0, 0.05) is 5.41 Å². The van der Waals surface area contributed by atoms with Crippen LogP contribution in [-0.4, -0.2) is 37.2 Å². The molecule has 0 radical (unpaired) electrons. The molecule has 0 aromatic carbocycles. The molecule has 0 saturated carbocycles. The lowest BCUT2D eigenvalue weighted by atomic mass is 9.90. The molecule has 0 N–H and O–H groups in total. The first-order valence-electron chi connectivity index (χ1n) is 6.39. The third kappa shape index (κ3) is 9.35. The molecule has 0 amide bonds. The van der Waals surface area contributed by atoms with Crippen LogP contribution in [-0.2, 0) is 28.6 Å². The summed E-state index contributed by atoms with van der Waals surface area (Å²) in [7, 11) is 1.20. The molecule has 0 saturated heterocycles. The van der Waals surface area contributed by atoms with Gasteiger partial charge in [0.15, 0.2) is 0 Å². The van der Waals surface area contributed by atoms with Crippen molar-refractivity contribution in [3.63, 3.8) is 0 Å². The minimum atomic E-state index is -0.672. The molecule has 0 fully saturated rings. The number of ether oxygens (including phenoxy) is 3. The van der Waals surface area contributed by atoms with E-state index in [1.165, 1.54) is 7.11 Å². The van der Waals surface area contributed by atoms with Crippen molar-refractivity contribution in [2.24, 2.45) is 5.41 Å². The van der Waals surface area contributed by atoms with Gasteiger partial charge in [-0.1, -0.05) is 13.8 Å². The zero-order chi connectivity index (χ0) is 16.0. The van der Waals surface area contributed by atoms with Crippen LogP contribution in [0.4, 0.5) is 0 Å². The summed E-state index contributed by atoms with van der Waals surface area (Å²) < 4.78 is 14.5. The predicted octanol–water partition coefficient (Wildman–Crippen LogP) is 1.85. The second kappa shape index (κ2) is 7.26. The lowest BCUT2D eigenvalue weighted by molar-refractivity contribution is -0.162. The zero-order valence-electron chi connectivity index (χ0n) is 13.1. The minimum absolute atomic E-state index is 0.0298. The molecule has 0 atom stereocenters. The fraction of sp³-hybridized carbons (Fsp3) is 0.786. The summed E-state index contributed by atoms with van der Waals surface area (Å²) in [6.45, 7) is 8.95. The van der Waals surface area contributed by atoms with Crippen LogP contribution in [0.2, 0.25) is 0 Å². The summed E-state index contributed by atoms with van der Waals surface area (Å²) in [5.74, 6) is -1.68. The Bertz CT molecular complexity index is 364. The molecule has 20 heavy (non-hydrogen) atoms. The van der Waals surface area contributed by atoms with E-state index in [1.54, 1.807) is 34.6 Å². The van der Waals surface area contributed by atoms with Gasteiger partial charge in [0.1, 0.15) is 12.0 Å². The van der Waals surface area contributed by atoms with Crippen LogP contribution in [0.3, 0.4) is 0 Å². The van der Waals surface area contributed by atoms with E-state index < -0.39 is 29.4 Å². The van der Waals surface area contributed by atoms with Crippen molar-refractivity contribution in [2.75, 3.05) is 13.7 Å². The van der Waals surface area contributed by atoms with Gasteiger partial charge in [-0.2, -0.15) is 0 Å². The highest BCUT2D eigenvalue weighted by Gasteiger charge is 2.27. The monoisotopic (exact) mass is 288 g/mol. The summed E-state index contributed by atoms with van der Waals surface area (Å²) in [4.78, 5) is 33.9. The van der Waals surface area contributed by atoms with Gasteiger partial charge in [-0.25, -0.2) is 0 Å². The van der Waals surface area contributed by atoms with Crippen molar-refractivity contribution in [3.8, 4) is 0 Å². The van der Waals surface area contributed by atoms with Crippen molar-refractivity contribution in [3.05, 3.63) is 0 Å². The highest BCUT2D eigenvalue weighted by molar-refractivity contribution is 5.91. The predicted molar refractivity (Wildman–Crippen MR) is 71.8 cm³/mol. The van der Waals surface area contributed by atoms with Crippen molar-refractivity contribution in [2.45, 2.75) is 53.1 Å². The summed E-state index contributed by atoms with van der Waals surface area (Å²) in [6.07, 6.45) is -0.311. The first kappa shape index (κ1) is 18.4. The van der Waals surface area contributed by atoms with Crippen molar-refractivity contribution in [1.82, 2.24) is 0 Å². The molecule has 0 rings (SSSR count). The van der Waals surface area contributed by atoms with E-state index in [-0.39, 0.29) is 19.0 Å². The number of hydrogen-bond donors (Lipinski definition) is 0. The third-order valence-electron chi connectivity index (χ3n) is 2.18. The Hall–Kier alpha value is -1.59. The molecule has 116 valence electrons. The Kier molecular flexibility index (Phi) is 6.68. The van der Waals surface area contributed by atoms with E-state index in [2.05, 4.69) is 4.74 Å². The van der Waals surface area contributed by atoms with E-state index in [9.17, 15) is 14.4 Å². The maximum absolute atomic E-state index is 11.7. The normalized spacial score (nSPS) is 11.7. The first-order chi connectivity index (χ1) is 8.95. The van der Waals surface area contributed by atoms with E-state index in [0.29, 0.717) is 0 Å². The van der Waals surface area contributed by atoms with Gasteiger partial charge in [0.25, 0.3) is 0 Å². The van der Waals surface area contributed by atoms with E-state index in [4.69, 9.17) is 9.47 Å². The summed E-state index contributed by atoms with van der Waals surface area (Å²) in [6, 6.07) is 0. The Morgan fingerprint density at radius 3 is 1.90 bits per heavy atom. The van der Waals surface area contributed by atoms with Gasteiger partial charge in [0.05, 0.1) is 20.1 Å². The molecule has 0 spiro atoms. The lowest BCUT2D eigenvalue weighted by Crippen LogP contribution is -2.30. The molecular weight excluding hydrogens is 264 g/mol. The number of methoxy groups -OCH3 is 1. The summed E-state index contributed by atoms with van der Waals surface area (Å²) in [5, 5.41) is 0. The Morgan fingerprint density at radius 1 is 0.900 bits per heavy atom. The quantitative estimate of drug-likeness (QED) is 0.421. The molecule has 0 aliphatic rings. The highest BCUT2D eigenvalue weighted by atomic mass is 16.6. The largest absolute Gasteiger partial charge is 0.469 e. The number of esters is 3. The molecule has 0 heterocycles. The van der Waals surface area contributed by atoms with Crippen LogP contribution < -0.4 is 0 Å². The maximum Gasteiger partial charge on any atom is 0.317 e. The number of carbonyl (C=O) groups excluding carboxylic acids is 3. The number of hydrogen-bond acceptors (Lipinski definition) is 6. The van der Waals surface area contributed by atoms with Crippen LogP contribution in [0.25, 0.3) is 0 Å². The van der Waals surface area contributed by atoms with Crippen LogP contribution in [0.5, 0.6) is 0 Å². The first-order valence-corrected chi connectivity index (χ1v) is 6.39. The van der Waals surface area contributed by atoms with Crippen molar-refractivity contribution in [1.29, 1.82) is 0 Å². The van der Waals surface area contributed by atoms with Gasteiger partial charge in [-0.05, 0) is 20.8 Å². The standard InChI is InChI=1S/C14H24O6/c1-13(2,3)20-12(17)8-14(4,5)9-19-11(16)7-10(15)18-6/h7-9H2,1-6H3. The molecule has 0 bridgehead atoms. The Labute approximate surface area is 119 Å². The van der Waals surface area contributed by atoms with Gasteiger partial charge >= 0.3 is 17.9 Å². The second-order valence-corrected chi connectivity index (χ2v) is 6.34. The van der Waals surface area contributed by atoms with Gasteiger partial charge in [-0.3, -0.25) is 14.4 Å². The van der Waals surface area contributed by atoms with Gasteiger partial charge in [0.2, 0.25) is 0 Å². The maximum atomic E-state index is 11.7. The van der Waals surface area contributed by atoms with Gasteiger partial charge < -0.3 is 14.2 Å². The second-order valence-electron chi connectivity index (χ2n) is 6.34. The number of rotatable bonds is 6. The SMILES string of the molecule is COC(=O)CC(=O)OCC(C)(C)CC(=O)OC(C)(C)C. The van der Waals surface area contributed by atoms with E-state index >= 15 is 0 Å². The molecule has 0 aliphatic heterocycles. The fourth-order valence-corrected chi connectivity index (χ4v) is 1.34. The minimum Gasteiger partial charge on any atom is -0.469 e. The van der Waals surface area contributed by atoms with Crippen LogP contribution >= 0.6 is 0 Å².